The lowest BCUT2D eigenvalue weighted by Crippen LogP contribution is -2.37. The van der Waals surface area contributed by atoms with Gasteiger partial charge in [-0.15, -0.1) is 0 Å². The van der Waals surface area contributed by atoms with Gasteiger partial charge in [0.1, 0.15) is 19.3 Å². The third-order valence-electron chi connectivity index (χ3n) is 9.08. The number of hydrogen-bond acceptors (Lipinski definition) is 7. The Balaban J connectivity index is 4.26. The maximum absolute atomic E-state index is 12.7. The van der Waals surface area contributed by atoms with Gasteiger partial charge >= 0.3 is 5.97 Å². The summed E-state index contributed by atoms with van der Waals surface area (Å²) < 4.78 is 34.6. The number of unbranched alkanes of at least 4 members (excludes halogenated alkanes) is 18. The first-order valence-corrected chi connectivity index (χ1v) is 23.3. The Morgan fingerprint density at radius 1 is 0.574 bits per heavy atom. The third-order valence-corrected chi connectivity index (χ3v) is 10.0. The minimum atomic E-state index is -4.53. The topological polar surface area (TPSA) is 94.1 Å². The lowest BCUT2D eigenvalue weighted by Gasteiger charge is -2.28. The molecular weight excluding hydrogens is 697 g/mol. The highest BCUT2D eigenvalue weighted by Gasteiger charge is 2.20. The van der Waals surface area contributed by atoms with Gasteiger partial charge in [0.25, 0.3) is 7.82 Å². The summed E-state index contributed by atoms with van der Waals surface area (Å²) in [6.07, 6.45) is 45.4. The average molecular weight is 782 g/mol. The van der Waals surface area contributed by atoms with Gasteiger partial charge in [-0.1, -0.05) is 146 Å². The van der Waals surface area contributed by atoms with E-state index in [1.807, 2.05) is 21.1 Å². The molecule has 0 N–H and O–H groups in total. The van der Waals surface area contributed by atoms with Crippen molar-refractivity contribution < 1.29 is 37.3 Å². The predicted octanol–water partition coefficient (Wildman–Crippen LogP) is 12.1. The number of rotatable bonds is 40. The molecule has 316 valence electrons. The van der Waals surface area contributed by atoms with Crippen LogP contribution in [-0.2, 0) is 27.9 Å². The van der Waals surface area contributed by atoms with E-state index in [4.69, 9.17) is 18.5 Å². The van der Waals surface area contributed by atoms with Crippen LogP contribution < -0.4 is 4.89 Å². The van der Waals surface area contributed by atoms with Crippen LogP contribution in [0.4, 0.5) is 0 Å². The monoisotopic (exact) mass is 782 g/mol. The Labute approximate surface area is 333 Å². The molecule has 0 amide bonds. The van der Waals surface area contributed by atoms with Gasteiger partial charge in [0, 0.05) is 13.0 Å². The van der Waals surface area contributed by atoms with E-state index in [-0.39, 0.29) is 25.8 Å². The summed E-state index contributed by atoms with van der Waals surface area (Å²) in [4.78, 5) is 25.0. The largest absolute Gasteiger partial charge is 0.756 e. The molecule has 2 unspecified atom stereocenters. The first-order valence-electron chi connectivity index (χ1n) is 21.9. The first kappa shape index (κ1) is 52.5. The molecule has 0 aliphatic rings. The molecule has 0 aliphatic heterocycles. The quantitative estimate of drug-likeness (QED) is 0.0201. The van der Waals surface area contributed by atoms with Crippen LogP contribution in [-0.4, -0.2) is 70.7 Å². The first-order chi connectivity index (χ1) is 26.1. The molecule has 0 saturated heterocycles. The third kappa shape index (κ3) is 41.6. The second-order valence-electron chi connectivity index (χ2n) is 15.7. The molecule has 2 atom stereocenters. The maximum Gasteiger partial charge on any atom is 0.306 e. The molecule has 54 heavy (non-hydrogen) atoms. The number of carbonyl (C=O) groups excluding carboxylic acids is 1. The molecule has 0 aromatic rings. The number of phosphoric acid groups is 1. The molecule has 0 saturated carbocycles. The lowest BCUT2D eigenvalue weighted by atomic mass is 10.1. The molecule has 0 aromatic heterocycles. The molecule has 0 aliphatic carbocycles. The highest BCUT2D eigenvalue weighted by atomic mass is 31.2. The van der Waals surface area contributed by atoms with Crippen molar-refractivity contribution in [3.63, 3.8) is 0 Å². The zero-order chi connectivity index (χ0) is 39.9. The molecule has 0 bridgehead atoms. The summed E-state index contributed by atoms with van der Waals surface area (Å²) in [6, 6.07) is 0. The summed E-state index contributed by atoms with van der Waals surface area (Å²) in [5.41, 5.74) is 0. The van der Waals surface area contributed by atoms with E-state index in [1.165, 1.54) is 83.5 Å². The molecule has 9 heteroatoms. The predicted molar refractivity (Wildman–Crippen MR) is 226 cm³/mol. The number of quaternary nitrogens is 1. The van der Waals surface area contributed by atoms with E-state index in [9.17, 15) is 14.3 Å². The van der Waals surface area contributed by atoms with Crippen molar-refractivity contribution >= 4 is 13.8 Å². The van der Waals surface area contributed by atoms with Gasteiger partial charge in [-0.05, 0) is 70.6 Å². The van der Waals surface area contributed by atoms with Gasteiger partial charge in [-0.2, -0.15) is 0 Å². The fourth-order valence-electron chi connectivity index (χ4n) is 5.67. The Morgan fingerprint density at radius 3 is 1.57 bits per heavy atom. The summed E-state index contributed by atoms with van der Waals surface area (Å²) in [5.74, 6) is -0.347. The number of likely N-dealkylation sites (N-methyl/N-ethyl adjacent to an activating group) is 1. The van der Waals surface area contributed by atoms with Gasteiger partial charge in [-0.25, -0.2) is 0 Å². The average Bonchev–Trinajstić information content (AvgIpc) is 3.12. The van der Waals surface area contributed by atoms with E-state index in [0.717, 1.165) is 70.6 Å². The number of phosphoric ester groups is 1. The number of hydrogen-bond donors (Lipinski definition) is 0. The van der Waals surface area contributed by atoms with Gasteiger partial charge < -0.3 is 27.9 Å². The molecule has 0 spiro atoms. The van der Waals surface area contributed by atoms with Crippen molar-refractivity contribution in [3.8, 4) is 0 Å². The van der Waals surface area contributed by atoms with Gasteiger partial charge in [0.05, 0.1) is 34.4 Å². The van der Waals surface area contributed by atoms with Gasteiger partial charge in [-0.3, -0.25) is 9.36 Å². The Kier molecular flexibility index (Phi) is 37.2. The van der Waals surface area contributed by atoms with Crippen LogP contribution in [0.2, 0.25) is 0 Å². The molecule has 0 radical (unpaired) electrons. The summed E-state index contributed by atoms with van der Waals surface area (Å²) >= 11 is 0. The van der Waals surface area contributed by atoms with E-state index in [0.29, 0.717) is 24.1 Å². The molecule has 0 aromatic carbocycles. The minimum Gasteiger partial charge on any atom is -0.756 e. The van der Waals surface area contributed by atoms with Crippen LogP contribution in [0, 0.1) is 0 Å². The van der Waals surface area contributed by atoms with E-state index >= 15 is 0 Å². The lowest BCUT2D eigenvalue weighted by molar-refractivity contribution is -0.870. The molecule has 8 nitrogen and oxygen atoms in total. The van der Waals surface area contributed by atoms with Crippen LogP contribution in [0.25, 0.3) is 0 Å². The maximum atomic E-state index is 12.7. The zero-order valence-electron chi connectivity index (χ0n) is 35.7. The van der Waals surface area contributed by atoms with Crippen LogP contribution >= 0.6 is 7.82 Å². The second-order valence-corrected chi connectivity index (χ2v) is 17.1. The van der Waals surface area contributed by atoms with Crippen LogP contribution in [0.5, 0.6) is 0 Å². The Morgan fingerprint density at radius 2 is 1.06 bits per heavy atom. The number of nitrogens with zero attached hydrogens (tertiary/aromatic N) is 1. The highest BCUT2D eigenvalue weighted by molar-refractivity contribution is 7.45. The summed E-state index contributed by atoms with van der Waals surface area (Å²) in [6.45, 7) is 5.29. The zero-order valence-corrected chi connectivity index (χ0v) is 36.6. The summed E-state index contributed by atoms with van der Waals surface area (Å²) in [5, 5.41) is 0. The van der Waals surface area contributed by atoms with Crippen molar-refractivity contribution in [2.75, 3.05) is 54.1 Å². The number of allylic oxidation sites excluding steroid dienone is 8. The normalized spacial score (nSPS) is 14.3. The molecule has 0 fully saturated rings. The Hall–Kier alpha value is -1.54. The van der Waals surface area contributed by atoms with Crippen molar-refractivity contribution in [1.29, 1.82) is 0 Å². The van der Waals surface area contributed by atoms with Crippen molar-refractivity contribution in [2.45, 2.75) is 180 Å². The summed E-state index contributed by atoms with van der Waals surface area (Å²) in [7, 11) is 1.34. The molecule has 0 heterocycles. The van der Waals surface area contributed by atoms with E-state index in [2.05, 4.69) is 62.5 Å². The highest BCUT2D eigenvalue weighted by Crippen LogP contribution is 2.38. The van der Waals surface area contributed by atoms with E-state index < -0.39 is 13.9 Å². The number of esters is 1. The smallest absolute Gasteiger partial charge is 0.306 e. The molecule has 0 rings (SSSR count). The fraction of sp³-hybridized carbons (Fsp3) is 0.800. The van der Waals surface area contributed by atoms with Crippen molar-refractivity contribution in [1.82, 2.24) is 0 Å². The molecular formula is C45H84NO7P. The van der Waals surface area contributed by atoms with Crippen LogP contribution in [0.3, 0.4) is 0 Å². The van der Waals surface area contributed by atoms with Crippen LogP contribution in [0.15, 0.2) is 48.6 Å². The number of ether oxygens (including phenoxy) is 2. The van der Waals surface area contributed by atoms with Crippen molar-refractivity contribution in [3.05, 3.63) is 48.6 Å². The minimum absolute atomic E-state index is 0.0207. The van der Waals surface area contributed by atoms with Gasteiger partial charge in [0.2, 0.25) is 0 Å². The Bertz CT molecular complexity index is 1000. The van der Waals surface area contributed by atoms with Crippen LogP contribution in [0.1, 0.15) is 174 Å². The van der Waals surface area contributed by atoms with Crippen molar-refractivity contribution in [2.24, 2.45) is 0 Å². The van der Waals surface area contributed by atoms with Gasteiger partial charge in [0.15, 0.2) is 0 Å². The second kappa shape index (κ2) is 38.3. The fourth-order valence-corrected chi connectivity index (χ4v) is 6.40. The van der Waals surface area contributed by atoms with E-state index in [1.54, 1.807) is 0 Å². The standard InChI is InChI=1S/C45H84NO7P/c1-6-8-10-12-14-16-18-20-22-23-24-25-26-28-30-32-34-36-38-45(47)53-44(43-52-54(48,49)51-41-39-46(3,4)5)42-50-40-37-35-33-31-29-27-21-19-17-15-13-11-9-7-2/h11,13,16-19,22-23,44H,6-10,12,14-15,20-21,24-43H2,1-5H3/b13-11-,18-16-,19-17-,23-22-. The SMILES string of the molecule is CCC/C=C\C/C=C\CCCCCCCCOCC(COP(=O)([O-])OCC[N+](C)(C)C)OC(=O)CCCCCCCCC/C=C\C/C=C\CCCCCC. The number of carbonyl (C=O) groups is 1.